The van der Waals surface area contributed by atoms with E-state index in [1.807, 2.05) is 4.90 Å². The van der Waals surface area contributed by atoms with Gasteiger partial charge in [-0.15, -0.1) is 0 Å². The summed E-state index contributed by atoms with van der Waals surface area (Å²) in [5.74, 6) is 0.732. The van der Waals surface area contributed by atoms with Crippen LogP contribution in [0.25, 0.3) is 0 Å². The number of hydrogen-bond acceptors (Lipinski definition) is 3. The van der Waals surface area contributed by atoms with Crippen molar-refractivity contribution < 1.29 is 9.90 Å². The monoisotopic (exact) mass is 254 g/mol. The number of aliphatic hydroxyl groups excluding tert-OH is 1. The summed E-state index contributed by atoms with van der Waals surface area (Å²) >= 11 is 0. The van der Waals surface area contributed by atoms with Gasteiger partial charge in [0.15, 0.2) is 0 Å². The van der Waals surface area contributed by atoms with Crippen molar-refractivity contribution in [3.05, 3.63) is 0 Å². The molecule has 0 aromatic rings. The number of carbonyl (C=O) groups is 1. The molecule has 2 saturated heterocycles. The zero-order valence-electron chi connectivity index (χ0n) is 11.5. The minimum atomic E-state index is 0.120. The molecule has 1 amide bonds. The van der Waals surface area contributed by atoms with Crippen LogP contribution < -0.4 is 0 Å². The molecule has 0 spiro atoms. The van der Waals surface area contributed by atoms with E-state index in [1.54, 1.807) is 0 Å². The first-order valence-corrected chi connectivity index (χ1v) is 7.40. The van der Waals surface area contributed by atoms with E-state index >= 15 is 0 Å². The minimum absolute atomic E-state index is 0.120. The quantitative estimate of drug-likeness (QED) is 0.820. The molecule has 2 rings (SSSR count). The van der Waals surface area contributed by atoms with Gasteiger partial charge < -0.3 is 10.0 Å². The van der Waals surface area contributed by atoms with Crippen LogP contribution in [0.1, 0.15) is 39.0 Å². The van der Waals surface area contributed by atoms with Crippen molar-refractivity contribution in [1.29, 1.82) is 0 Å². The second-order valence-corrected chi connectivity index (χ2v) is 5.59. The predicted octanol–water partition coefficient (Wildman–Crippen LogP) is 1.09. The summed E-state index contributed by atoms with van der Waals surface area (Å²) in [6.07, 6.45) is 5.35. The first-order valence-electron chi connectivity index (χ1n) is 7.40. The third-order valence-electron chi connectivity index (χ3n) is 4.49. The van der Waals surface area contributed by atoms with Crippen molar-refractivity contribution in [3.8, 4) is 0 Å². The molecule has 1 atom stereocenters. The number of hydrogen-bond donors (Lipinski definition) is 1. The summed E-state index contributed by atoms with van der Waals surface area (Å²) in [7, 11) is 0. The van der Waals surface area contributed by atoms with Gasteiger partial charge in [0.05, 0.1) is 6.04 Å². The average Bonchev–Trinajstić information content (AvgIpc) is 2.46. The standard InChI is InChI=1S/C14H26N2O2/c1-2-15-8-4-3-5-13(15)14(18)16-9-6-12(11-17)7-10-16/h12-13,17H,2-11H2,1H3. The highest BCUT2D eigenvalue weighted by atomic mass is 16.3. The molecule has 2 aliphatic heterocycles. The molecular formula is C14H26N2O2. The van der Waals surface area contributed by atoms with Gasteiger partial charge in [0.25, 0.3) is 0 Å². The van der Waals surface area contributed by atoms with Gasteiger partial charge in [-0.25, -0.2) is 0 Å². The van der Waals surface area contributed by atoms with Crippen molar-refractivity contribution in [1.82, 2.24) is 9.80 Å². The van der Waals surface area contributed by atoms with Gasteiger partial charge in [-0.2, -0.15) is 0 Å². The summed E-state index contributed by atoms with van der Waals surface area (Å²) in [6.45, 7) is 6.12. The number of likely N-dealkylation sites (tertiary alicyclic amines) is 2. The zero-order chi connectivity index (χ0) is 13.0. The van der Waals surface area contributed by atoms with Crippen molar-refractivity contribution in [3.63, 3.8) is 0 Å². The van der Waals surface area contributed by atoms with E-state index in [2.05, 4.69) is 11.8 Å². The van der Waals surface area contributed by atoms with E-state index in [4.69, 9.17) is 5.11 Å². The van der Waals surface area contributed by atoms with Gasteiger partial charge in [0.1, 0.15) is 0 Å². The van der Waals surface area contributed by atoms with Crippen molar-refractivity contribution in [2.45, 2.75) is 45.1 Å². The molecule has 0 radical (unpaired) electrons. The van der Waals surface area contributed by atoms with Gasteiger partial charge in [-0.1, -0.05) is 13.3 Å². The highest BCUT2D eigenvalue weighted by molar-refractivity contribution is 5.82. The highest BCUT2D eigenvalue weighted by Gasteiger charge is 2.32. The molecule has 4 heteroatoms. The van der Waals surface area contributed by atoms with Gasteiger partial charge in [0, 0.05) is 19.7 Å². The molecule has 2 aliphatic rings. The van der Waals surface area contributed by atoms with Gasteiger partial charge in [-0.3, -0.25) is 9.69 Å². The van der Waals surface area contributed by atoms with E-state index in [0.29, 0.717) is 11.8 Å². The minimum Gasteiger partial charge on any atom is -0.396 e. The third kappa shape index (κ3) is 3.04. The Morgan fingerprint density at radius 3 is 2.50 bits per heavy atom. The lowest BCUT2D eigenvalue weighted by molar-refractivity contribution is -0.139. The number of amides is 1. The molecule has 1 N–H and O–H groups in total. The Morgan fingerprint density at radius 2 is 1.89 bits per heavy atom. The van der Waals surface area contributed by atoms with Crippen molar-refractivity contribution >= 4 is 5.91 Å². The molecule has 4 nitrogen and oxygen atoms in total. The van der Waals surface area contributed by atoms with Crippen LogP contribution in [0.4, 0.5) is 0 Å². The largest absolute Gasteiger partial charge is 0.396 e. The second kappa shape index (κ2) is 6.53. The Bertz CT molecular complexity index is 275. The maximum absolute atomic E-state index is 12.5. The SMILES string of the molecule is CCN1CCCCC1C(=O)N1CCC(CO)CC1. The van der Waals surface area contributed by atoms with Gasteiger partial charge in [0.2, 0.25) is 5.91 Å². The highest BCUT2D eigenvalue weighted by Crippen LogP contribution is 2.22. The first-order chi connectivity index (χ1) is 8.76. The Balaban J connectivity index is 1.90. The lowest BCUT2D eigenvalue weighted by Crippen LogP contribution is -2.52. The number of piperidine rings is 2. The van der Waals surface area contributed by atoms with E-state index in [0.717, 1.165) is 45.4 Å². The summed E-state index contributed by atoms with van der Waals surface area (Å²) < 4.78 is 0. The van der Waals surface area contributed by atoms with E-state index in [9.17, 15) is 4.79 Å². The number of rotatable bonds is 3. The Kier molecular flexibility index (Phi) is 5.01. The lowest BCUT2D eigenvalue weighted by atomic mass is 9.95. The van der Waals surface area contributed by atoms with E-state index < -0.39 is 0 Å². The summed E-state index contributed by atoms with van der Waals surface area (Å²) in [5, 5.41) is 9.13. The van der Waals surface area contributed by atoms with Crippen LogP contribution in [0, 0.1) is 5.92 Å². The molecule has 0 aromatic carbocycles. The molecule has 0 aromatic heterocycles. The molecule has 18 heavy (non-hydrogen) atoms. The van der Waals surface area contributed by atoms with E-state index in [1.165, 1.54) is 12.8 Å². The fourth-order valence-electron chi connectivity index (χ4n) is 3.20. The number of carbonyl (C=O) groups excluding carboxylic acids is 1. The third-order valence-corrected chi connectivity index (χ3v) is 4.49. The summed E-state index contributed by atoms with van der Waals surface area (Å²) in [6, 6.07) is 0.120. The van der Waals surface area contributed by atoms with Crippen LogP contribution in [-0.4, -0.2) is 59.6 Å². The maximum atomic E-state index is 12.5. The maximum Gasteiger partial charge on any atom is 0.239 e. The molecule has 2 fully saturated rings. The molecule has 104 valence electrons. The van der Waals surface area contributed by atoms with Gasteiger partial charge in [-0.05, 0) is 44.7 Å². The lowest BCUT2D eigenvalue weighted by Gasteiger charge is -2.39. The molecule has 1 unspecified atom stereocenters. The fraction of sp³-hybridized carbons (Fsp3) is 0.929. The van der Waals surface area contributed by atoms with Crippen LogP contribution in [0.5, 0.6) is 0 Å². The van der Waals surface area contributed by atoms with Crippen LogP contribution in [0.3, 0.4) is 0 Å². The van der Waals surface area contributed by atoms with Crippen molar-refractivity contribution in [2.75, 3.05) is 32.8 Å². The molecular weight excluding hydrogens is 228 g/mol. The summed E-state index contributed by atoms with van der Waals surface area (Å²) in [4.78, 5) is 16.9. The smallest absolute Gasteiger partial charge is 0.239 e. The van der Waals surface area contributed by atoms with Crippen LogP contribution in [0.15, 0.2) is 0 Å². The Labute approximate surface area is 110 Å². The van der Waals surface area contributed by atoms with Gasteiger partial charge >= 0.3 is 0 Å². The number of nitrogens with zero attached hydrogens (tertiary/aromatic N) is 2. The molecule has 0 aliphatic carbocycles. The van der Waals surface area contributed by atoms with Crippen LogP contribution >= 0.6 is 0 Å². The van der Waals surface area contributed by atoms with Crippen molar-refractivity contribution in [2.24, 2.45) is 5.92 Å². The predicted molar refractivity (Wildman–Crippen MR) is 71.3 cm³/mol. The first kappa shape index (κ1) is 13.8. The van der Waals surface area contributed by atoms with E-state index in [-0.39, 0.29) is 12.6 Å². The Morgan fingerprint density at radius 1 is 1.17 bits per heavy atom. The molecule has 0 bridgehead atoms. The van der Waals surface area contributed by atoms with Crippen LogP contribution in [0.2, 0.25) is 0 Å². The average molecular weight is 254 g/mol. The molecule has 0 saturated carbocycles. The Hall–Kier alpha value is -0.610. The second-order valence-electron chi connectivity index (χ2n) is 5.59. The number of aliphatic hydroxyl groups is 1. The summed E-state index contributed by atoms with van der Waals surface area (Å²) in [5.41, 5.74) is 0. The normalized spacial score (nSPS) is 27.4. The topological polar surface area (TPSA) is 43.8 Å². The molecule has 2 heterocycles. The number of likely N-dealkylation sites (N-methyl/N-ethyl adjacent to an activating group) is 1. The van der Waals surface area contributed by atoms with Crippen LogP contribution in [-0.2, 0) is 4.79 Å². The zero-order valence-corrected chi connectivity index (χ0v) is 11.5. The fourth-order valence-corrected chi connectivity index (χ4v) is 3.20.